The van der Waals surface area contributed by atoms with Crippen molar-refractivity contribution in [2.75, 3.05) is 6.61 Å². The SMILES string of the molecule is CCOC(=O)c1nsc(-c2ccc(C)cc2)n1. The molecule has 0 radical (unpaired) electrons. The lowest BCUT2D eigenvalue weighted by Crippen LogP contribution is -2.06. The van der Waals surface area contributed by atoms with Gasteiger partial charge in [0, 0.05) is 5.56 Å². The van der Waals surface area contributed by atoms with Crippen LogP contribution in [0.25, 0.3) is 10.6 Å². The van der Waals surface area contributed by atoms with Gasteiger partial charge < -0.3 is 4.74 Å². The number of esters is 1. The lowest BCUT2D eigenvalue weighted by Gasteiger charge is -1.96. The smallest absolute Gasteiger partial charge is 0.377 e. The number of carbonyl (C=O) groups excluding carboxylic acids is 1. The van der Waals surface area contributed by atoms with E-state index >= 15 is 0 Å². The van der Waals surface area contributed by atoms with Crippen molar-refractivity contribution in [2.24, 2.45) is 0 Å². The van der Waals surface area contributed by atoms with Crippen molar-refractivity contribution < 1.29 is 9.53 Å². The molecule has 0 saturated carbocycles. The third-order valence-electron chi connectivity index (χ3n) is 2.18. The molecule has 5 heteroatoms. The summed E-state index contributed by atoms with van der Waals surface area (Å²) in [6, 6.07) is 7.93. The van der Waals surface area contributed by atoms with E-state index in [0.29, 0.717) is 6.61 Å². The van der Waals surface area contributed by atoms with Crippen molar-refractivity contribution in [1.29, 1.82) is 0 Å². The normalized spacial score (nSPS) is 10.2. The summed E-state index contributed by atoms with van der Waals surface area (Å²) in [6.45, 7) is 4.11. The van der Waals surface area contributed by atoms with Crippen LogP contribution in [0.1, 0.15) is 23.1 Å². The van der Waals surface area contributed by atoms with Gasteiger partial charge in [-0.3, -0.25) is 0 Å². The Morgan fingerprint density at radius 2 is 2.06 bits per heavy atom. The van der Waals surface area contributed by atoms with E-state index in [2.05, 4.69) is 9.36 Å². The highest BCUT2D eigenvalue weighted by Gasteiger charge is 2.14. The van der Waals surface area contributed by atoms with Gasteiger partial charge in [-0.2, -0.15) is 4.37 Å². The van der Waals surface area contributed by atoms with E-state index in [9.17, 15) is 4.79 Å². The highest BCUT2D eigenvalue weighted by Crippen LogP contribution is 2.21. The van der Waals surface area contributed by atoms with E-state index in [0.717, 1.165) is 10.6 Å². The molecule has 4 nitrogen and oxygen atoms in total. The van der Waals surface area contributed by atoms with Gasteiger partial charge in [0.25, 0.3) is 5.82 Å². The molecule has 0 aliphatic rings. The van der Waals surface area contributed by atoms with Crippen LogP contribution < -0.4 is 0 Å². The summed E-state index contributed by atoms with van der Waals surface area (Å²) >= 11 is 1.20. The number of aryl methyl sites for hydroxylation is 1. The number of nitrogens with zero attached hydrogens (tertiary/aromatic N) is 2. The van der Waals surface area contributed by atoms with Gasteiger partial charge >= 0.3 is 5.97 Å². The standard InChI is InChI=1S/C12H12N2O2S/c1-3-16-12(15)10-13-11(17-14-10)9-6-4-8(2)5-7-9/h4-7H,3H2,1-2H3. The van der Waals surface area contributed by atoms with Gasteiger partial charge in [0.2, 0.25) is 0 Å². The Bertz CT molecular complexity index is 520. The lowest BCUT2D eigenvalue weighted by atomic mass is 10.2. The lowest BCUT2D eigenvalue weighted by molar-refractivity contribution is 0.0514. The van der Waals surface area contributed by atoms with Gasteiger partial charge in [0.15, 0.2) is 0 Å². The minimum atomic E-state index is -0.470. The quantitative estimate of drug-likeness (QED) is 0.784. The maximum Gasteiger partial charge on any atom is 0.377 e. The van der Waals surface area contributed by atoms with E-state index < -0.39 is 5.97 Å². The maximum atomic E-state index is 11.4. The van der Waals surface area contributed by atoms with Crippen LogP contribution in [0.2, 0.25) is 0 Å². The molecule has 0 atom stereocenters. The van der Waals surface area contributed by atoms with Gasteiger partial charge in [-0.15, -0.1) is 0 Å². The molecule has 2 aromatic rings. The maximum absolute atomic E-state index is 11.4. The molecule has 88 valence electrons. The average molecular weight is 248 g/mol. The largest absolute Gasteiger partial charge is 0.460 e. The number of hydrogen-bond donors (Lipinski definition) is 0. The number of rotatable bonds is 3. The monoisotopic (exact) mass is 248 g/mol. The van der Waals surface area contributed by atoms with Crippen LogP contribution in [0.3, 0.4) is 0 Å². The molecule has 0 aliphatic carbocycles. The molecule has 0 N–H and O–H groups in total. The first-order valence-electron chi connectivity index (χ1n) is 5.28. The zero-order valence-corrected chi connectivity index (χ0v) is 10.5. The average Bonchev–Trinajstić information content (AvgIpc) is 2.80. The van der Waals surface area contributed by atoms with Crippen molar-refractivity contribution in [1.82, 2.24) is 9.36 Å². The van der Waals surface area contributed by atoms with Crippen molar-refractivity contribution in [3.63, 3.8) is 0 Å². The Labute approximate surface area is 103 Å². The van der Waals surface area contributed by atoms with Gasteiger partial charge in [-0.05, 0) is 25.4 Å². The molecule has 0 unspecified atom stereocenters. The molecule has 1 aromatic carbocycles. The van der Waals surface area contributed by atoms with E-state index in [1.165, 1.54) is 17.1 Å². The first kappa shape index (κ1) is 11.7. The zero-order valence-electron chi connectivity index (χ0n) is 9.64. The van der Waals surface area contributed by atoms with Crippen LogP contribution in [0.4, 0.5) is 0 Å². The van der Waals surface area contributed by atoms with Gasteiger partial charge in [-0.25, -0.2) is 9.78 Å². The van der Waals surface area contributed by atoms with Crippen LogP contribution in [-0.2, 0) is 4.74 Å². The van der Waals surface area contributed by atoms with Gasteiger partial charge in [0.05, 0.1) is 6.61 Å². The number of carbonyl (C=O) groups is 1. The summed E-state index contributed by atoms with van der Waals surface area (Å²) in [4.78, 5) is 15.6. The fourth-order valence-corrected chi connectivity index (χ4v) is 1.97. The topological polar surface area (TPSA) is 52.1 Å². The molecule has 1 aromatic heterocycles. The summed E-state index contributed by atoms with van der Waals surface area (Å²) in [5, 5.41) is 0.730. The predicted molar refractivity (Wildman–Crippen MR) is 66.0 cm³/mol. The van der Waals surface area contributed by atoms with Crippen LogP contribution in [0.5, 0.6) is 0 Å². The van der Waals surface area contributed by atoms with Crippen LogP contribution in [0, 0.1) is 6.92 Å². The van der Waals surface area contributed by atoms with Gasteiger partial charge in [0.1, 0.15) is 5.01 Å². The molecular weight excluding hydrogens is 236 g/mol. The molecule has 0 amide bonds. The Morgan fingerprint density at radius 3 is 2.71 bits per heavy atom. The third kappa shape index (κ3) is 2.68. The molecular formula is C12H12N2O2S. The summed E-state index contributed by atoms with van der Waals surface area (Å²) in [7, 11) is 0. The summed E-state index contributed by atoms with van der Waals surface area (Å²) in [6.07, 6.45) is 0. The summed E-state index contributed by atoms with van der Waals surface area (Å²) < 4.78 is 8.83. The third-order valence-corrected chi connectivity index (χ3v) is 2.95. The highest BCUT2D eigenvalue weighted by molar-refractivity contribution is 7.09. The fraction of sp³-hybridized carbons (Fsp3) is 0.250. The van der Waals surface area contributed by atoms with Crippen LogP contribution >= 0.6 is 11.5 Å². The van der Waals surface area contributed by atoms with Crippen molar-refractivity contribution in [3.8, 4) is 10.6 Å². The number of hydrogen-bond acceptors (Lipinski definition) is 5. The first-order chi connectivity index (χ1) is 8.20. The molecule has 0 saturated heterocycles. The van der Waals surface area contributed by atoms with E-state index in [4.69, 9.17) is 4.74 Å². The molecule has 1 heterocycles. The van der Waals surface area contributed by atoms with E-state index in [-0.39, 0.29) is 5.82 Å². The Hall–Kier alpha value is -1.75. The number of benzene rings is 1. The van der Waals surface area contributed by atoms with E-state index in [1.54, 1.807) is 6.92 Å². The first-order valence-corrected chi connectivity index (χ1v) is 6.06. The molecule has 17 heavy (non-hydrogen) atoms. The second kappa shape index (κ2) is 5.05. The molecule has 0 bridgehead atoms. The van der Waals surface area contributed by atoms with E-state index in [1.807, 2.05) is 31.2 Å². The van der Waals surface area contributed by atoms with Crippen molar-refractivity contribution in [3.05, 3.63) is 35.7 Å². The molecule has 0 spiro atoms. The Kier molecular flexibility index (Phi) is 3.49. The minimum Gasteiger partial charge on any atom is -0.460 e. The Balaban J connectivity index is 2.23. The Morgan fingerprint density at radius 1 is 1.35 bits per heavy atom. The number of ether oxygens (including phenoxy) is 1. The minimum absolute atomic E-state index is 0.132. The second-order valence-electron chi connectivity index (χ2n) is 3.51. The van der Waals surface area contributed by atoms with Crippen molar-refractivity contribution in [2.45, 2.75) is 13.8 Å². The molecule has 2 rings (SSSR count). The highest BCUT2D eigenvalue weighted by atomic mass is 32.1. The molecule has 0 fully saturated rings. The summed E-state index contributed by atoms with van der Waals surface area (Å²) in [5.41, 5.74) is 2.15. The van der Waals surface area contributed by atoms with Gasteiger partial charge in [-0.1, -0.05) is 29.8 Å². The van der Waals surface area contributed by atoms with Crippen LogP contribution in [0.15, 0.2) is 24.3 Å². The second-order valence-corrected chi connectivity index (χ2v) is 4.26. The zero-order chi connectivity index (χ0) is 12.3. The number of aromatic nitrogens is 2. The fourth-order valence-electron chi connectivity index (χ4n) is 1.32. The predicted octanol–water partition coefficient (Wildman–Crippen LogP) is 2.69. The summed E-state index contributed by atoms with van der Waals surface area (Å²) in [5.74, 6) is -0.338. The molecule has 0 aliphatic heterocycles. The van der Waals surface area contributed by atoms with Crippen LogP contribution in [-0.4, -0.2) is 21.9 Å². The van der Waals surface area contributed by atoms with Crippen molar-refractivity contribution >= 4 is 17.5 Å².